The van der Waals surface area contributed by atoms with Crippen molar-refractivity contribution in [2.45, 2.75) is 12.8 Å². The van der Waals surface area contributed by atoms with Crippen LogP contribution in [0.3, 0.4) is 0 Å². The summed E-state index contributed by atoms with van der Waals surface area (Å²) in [5.74, 6) is 0. The molecule has 13 heavy (non-hydrogen) atoms. The second-order valence-corrected chi connectivity index (χ2v) is 5.54. The molecule has 74 valence electrons. The van der Waals surface area contributed by atoms with Crippen molar-refractivity contribution in [1.82, 2.24) is 4.90 Å². The van der Waals surface area contributed by atoms with Crippen molar-refractivity contribution < 1.29 is 9.53 Å². The number of rotatable bonds is 2. The maximum absolute atomic E-state index is 11.3. The highest BCUT2D eigenvalue weighted by Gasteiger charge is 2.18. The molecular formula is C8H11Br2NO2. The minimum absolute atomic E-state index is 0.213. The van der Waals surface area contributed by atoms with Crippen molar-refractivity contribution in [3.05, 3.63) is 9.47 Å². The SMILES string of the molecule is O=C(OCC=C(Br)Br)N1CCCC1. The molecule has 1 aliphatic heterocycles. The van der Waals surface area contributed by atoms with Crippen LogP contribution in [0.4, 0.5) is 4.79 Å². The van der Waals surface area contributed by atoms with E-state index in [1.54, 1.807) is 11.0 Å². The highest BCUT2D eigenvalue weighted by Crippen LogP contribution is 2.13. The summed E-state index contributed by atoms with van der Waals surface area (Å²) in [7, 11) is 0. The minimum atomic E-state index is -0.213. The Labute approximate surface area is 94.4 Å². The number of carbonyl (C=O) groups is 1. The monoisotopic (exact) mass is 311 g/mol. The summed E-state index contributed by atoms with van der Waals surface area (Å²) in [4.78, 5) is 13.0. The molecule has 1 aliphatic rings. The predicted molar refractivity (Wildman–Crippen MR) is 58.1 cm³/mol. The molecule has 0 spiro atoms. The van der Waals surface area contributed by atoms with Gasteiger partial charge in [0.15, 0.2) is 0 Å². The van der Waals surface area contributed by atoms with E-state index in [4.69, 9.17) is 4.74 Å². The molecule has 0 aromatic heterocycles. The van der Waals surface area contributed by atoms with Crippen LogP contribution < -0.4 is 0 Å². The maximum atomic E-state index is 11.3. The normalized spacial score (nSPS) is 15.7. The third-order valence-electron chi connectivity index (χ3n) is 1.81. The van der Waals surface area contributed by atoms with E-state index in [1.165, 1.54) is 0 Å². The summed E-state index contributed by atoms with van der Waals surface area (Å²) in [6.45, 7) is 1.97. The van der Waals surface area contributed by atoms with Crippen LogP contribution in [0.2, 0.25) is 0 Å². The molecule has 0 N–H and O–H groups in total. The smallest absolute Gasteiger partial charge is 0.410 e. The van der Waals surface area contributed by atoms with E-state index in [-0.39, 0.29) is 6.09 Å². The Morgan fingerprint density at radius 1 is 1.38 bits per heavy atom. The first-order valence-corrected chi connectivity index (χ1v) is 5.71. The zero-order valence-electron chi connectivity index (χ0n) is 7.13. The van der Waals surface area contributed by atoms with Gasteiger partial charge in [0.25, 0.3) is 0 Å². The van der Waals surface area contributed by atoms with Gasteiger partial charge >= 0.3 is 6.09 Å². The number of carbonyl (C=O) groups excluding carboxylic acids is 1. The van der Waals surface area contributed by atoms with Gasteiger partial charge in [0.05, 0.1) is 3.39 Å². The summed E-state index contributed by atoms with van der Waals surface area (Å²) in [6.07, 6.45) is 3.71. The van der Waals surface area contributed by atoms with Crippen LogP contribution >= 0.6 is 31.9 Å². The number of likely N-dealkylation sites (tertiary alicyclic amines) is 1. The highest BCUT2D eigenvalue weighted by molar-refractivity contribution is 9.28. The number of ether oxygens (including phenoxy) is 1. The average Bonchev–Trinajstić information content (AvgIpc) is 2.55. The van der Waals surface area contributed by atoms with Crippen LogP contribution in [0, 0.1) is 0 Å². The first kappa shape index (κ1) is 11.0. The Bertz CT molecular complexity index is 208. The molecule has 1 fully saturated rings. The molecule has 0 aliphatic carbocycles. The van der Waals surface area contributed by atoms with Gasteiger partial charge in [-0.25, -0.2) is 4.79 Å². The number of amides is 1. The third kappa shape index (κ3) is 4.13. The average molecular weight is 313 g/mol. The number of nitrogens with zero attached hydrogens (tertiary/aromatic N) is 1. The van der Waals surface area contributed by atoms with Gasteiger partial charge in [-0.15, -0.1) is 0 Å². The third-order valence-corrected chi connectivity index (χ3v) is 2.46. The lowest BCUT2D eigenvalue weighted by molar-refractivity contribution is 0.121. The van der Waals surface area contributed by atoms with E-state index in [0.717, 1.165) is 29.3 Å². The second-order valence-electron chi connectivity index (χ2n) is 2.76. The topological polar surface area (TPSA) is 29.5 Å². The van der Waals surface area contributed by atoms with Gasteiger partial charge in [-0.05, 0) is 50.8 Å². The Kier molecular flexibility index (Phi) is 4.80. The van der Waals surface area contributed by atoms with E-state index in [0.29, 0.717) is 6.61 Å². The van der Waals surface area contributed by atoms with Gasteiger partial charge in [-0.1, -0.05) is 0 Å². The molecule has 0 aromatic carbocycles. The fourth-order valence-corrected chi connectivity index (χ4v) is 1.43. The van der Waals surface area contributed by atoms with E-state index in [2.05, 4.69) is 31.9 Å². The molecule has 1 amide bonds. The predicted octanol–water partition coefficient (Wildman–Crippen LogP) is 2.85. The van der Waals surface area contributed by atoms with Crippen LogP contribution in [0.15, 0.2) is 9.47 Å². The van der Waals surface area contributed by atoms with Crippen molar-refractivity contribution in [2.24, 2.45) is 0 Å². The Morgan fingerprint density at radius 2 is 2.00 bits per heavy atom. The van der Waals surface area contributed by atoms with Crippen molar-refractivity contribution in [1.29, 1.82) is 0 Å². The van der Waals surface area contributed by atoms with E-state index in [9.17, 15) is 4.79 Å². The van der Waals surface area contributed by atoms with Gasteiger partial charge in [-0.2, -0.15) is 0 Å². The van der Waals surface area contributed by atoms with Crippen molar-refractivity contribution in [2.75, 3.05) is 19.7 Å². The molecule has 0 radical (unpaired) electrons. The zero-order chi connectivity index (χ0) is 9.68. The first-order chi connectivity index (χ1) is 6.20. The lowest BCUT2D eigenvalue weighted by atomic mass is 10.4. The van der Waals surface area contributed by atoms with Gasteiger partial charge in [0.2, 0.25) is 0 Å². The minimum Gasteiger partial charge on any atom is -0.445 e. The number of halogens is 2. The van der Waals surface area contributed by atoms with Crippen LogP contribution in [0.25, 0.3) is 0 Å². The summed E-state index contributed by atoms with van der Waals surface area (Å²) in [6, 6.07) is 0. The van der Waals surface area contributed by atoms with E-state index >= 15 is 0 Å². The van der Waals surface area contributed by atoms with Gasteiger partial charge in [0.1, 0.15) is 6.61 Å². The lowest BCUT2D eigenvalue weighted by Crippen LogP contribution is -2.28. The standard InChI is InChI=1S/C8H11Br2NO2/c9-7(10)3-6-13-8(12)11-4-1-2-5-11/h3H,1-2,4-6H2. The van der Waals surface area contributed by atoms with Crippen LogP contribution in [0.1, 0.15) is 12.8 Å². The van der Waals surface area contributed by atoms with Crippen LogP contribution in [-0.4, -0.2) is 30.7 Å². The van der Waals surface area contributed by atoms with E-state index < -0.39 is 0 Å². The molecule has 0 saturated carbocycles. The fourth-order valence-electron chi connectivity index (χ4n) is 1.17. The molecule has 0 aromatic rings. The number of hydrogen-bond donors (Lipinski definition) is 0. The zero-order valence-corrected chi connectivity index (χ0v) is 10.3. The van der Waals surface area contributed by atoms with Crippen LogP contribution in [0.5, 0.6) is 0 Å². The Balaban J connectivity index is 2.21. The first-order valence-electron chi connectivity index (χ1n) is 4.13. The lowest BCUT2D eigenvalue weighted by Gasteiger charge is -2.13. The largest absolute Gasteiger partial charge is 0.445 e. The van der Waals surface area contributed by atoms with Crippen molar-refractivity contribution in [3.63, 3.8) is 0 Å². The van der Waals surface area contributed by atoms with Gasteiger partial charge < -0.3 is 9.64 Å². The Hall–Kier alpha value is -0.0300. The molecule has 0 atom stereocenters. The molecule has 5 heteroatoms. The van der Waals surface area contributed by atoms with Gasteiger partial charge in [-0.3, -0.25) is 0 Å². The molecule has 0 bridgehead atoms. The molecule has 3 nitrogen and oxygen atoms in total. The maximum Gasteiger partial charge on any atom is 0.410 e. The summed E-state index contributed by atoms with van der Waals surface area (Å²) in [5, 5.41) is 0. The summed E-state index contributed by atoms with van der Waals surface area (Å²) in [5.41, 5.74) is 0. The van der Waals surface area contributed by atoms with E-state index in [1.807, 2.05) is 0 Å². The molecule has 1 heterocycles. The second kappa shape index (κ2) is 5.65. The van der Waals surface area contributed by atoms with Crippen molar-refractivity contribution in [3.8, 4) is 0 Å². The fraction of sp³-hybridized carbons (Fsp3) is 0.625. The molecule has 0 unspecified atom stereocenters. The molecular weight excluding hydrogens is 302 g/mol. The van der Waals surface area contributed by atoms with Crippen molar-refractivity contribution >= 4 is 38.0 Å². The van der Waals surface area contributed by atoms with Crippen LogP contribution in [-0.2, 0) is 4.74 Å². The van der Waals surface area contributed by atoms with Gasteiger partial charge in [0, 0.05) is 13.1 Å². The number of hydrogen-bond acceptors (Lipinski definition) is 2. The highest BCUT2D eigenvalue weighted by atomic mass is 79.9. The molecule has 1 rings (SSSR count). The summed E-state index contributed by atoms with van der Waals surface area (Å²) >= 11 is 6.36. The summed E-state index contributed by atoms with van der Waals surface area (Å²) < 4.78 is 5.79. The molecule has 1 saturated heterocycles. The quantitative estimate of drug-likeness (QED) is 0.784. The Morgan fingerprint density at radius 3 is 2.54 bits per heavy atom.